The van der Waals surface area contributed by atoms with Crippen LogP contribution >= 0.6 is 0 Å². The van der Waals surface area contributed by atoms with Gasteiger partial charge < -0.3 is 24.2 Å². The van der Waals surface area contributed by atoms with Crippen LogP contribution in [0.4, 0.5) is 0 Å². The van der Waals surface area contributed by atoms with Gasteiger partial charge in [-0.1, -0.05) is 42.5 Å². The number of carbonyl (C=O) groups is 3. The molecule has 5 rings (SSSR count). The number of ether oxygens (including phenoxy) is 2. The summed E-state index contributed by atoms with van der Waals surface area (Å²) in [5, 5.41) is 0. The van der Waals surface area contributed by atoms with Gasteiger partial charge in [-0.05, 0) is 42.0 Å². The van der Waals surface area contributed by atoms with Crippen LogP contribution in [0.2, 0.25) is 0 Å². The summed E-state index contributed by atoms with van der Waals surface area (Å²) in [7, 11) is 1.65. The van der Waals surface area contributed by atoms with Gasteiger partial charge in [-0.3, -0.25) is 19.3 Å². The molecule has 3 heterocycles. The number of carbonyl (C=O) groups excluding carboxylic acids is 3. The number of benzene rings is 2. The Bertz CT molecular complexity index is 1220. The van der Waals surface area contributed by atoms with Gasteiger partial charge in [0.2, 0.25) is 18.2 Å². The molecule has 2 fully saturated rings. The van der Waals surface area contributed by atoms with Crippen molar-refractivity contribution in [1.29, 1.82) is 0 Å². The maximum atomic E-state index is 13.7. The Kier molecular flexibility index (Phi) is 9.56. The Balaban J connectivity index is 1.31. The standard InChI is InChI=1S/C32H40N4O5/c1-40-29-10-8-25(9-11-29)20-34-21-28-5-2-3-7-30(28)41-18-4-6-27-22-36(32(39)23-34)13-12-26(27)19-31(38)35-16-14-33(24-37)15-17-35/h2-11,24,26-27H,12-23H2,1H3/b6-4-/t26-,27-/m0/s1. The number of nitrogens with zero attached hydrogens (tertiary/aromatic N) is 4. The number of fused-ring (bicyclic) bond motifs is 3. The predicted molar refractivity (Wildman–Crippen MR) is 155 cm³/mol. The molecule has 0 unspecified atom stereocenters. The first kappa shape index (κ1) is 28.7. The molecule has 2 saturated heterocycles. The monoisotopic (exact) mass is 560 g/mol. The minimum absolute atomic E-state index is 0.0718. The van der Waals surface area contributed by atoms with Gasteiger partial charge in [-0.2, -0.15) is 0 Å². The number of rotatable bonds is 6. The molecule has 2 bridgehead atoms. The highest BCUT2D eigenvalue weighted by Gasteiger charge is 2.33. The Morgan fingerprint density at radius 1 is 1.02 bits per heavy atom. The van der Waals surface area contributed by atoms with E-state index in [4.69, 9.17) is 9.47 Å². The topological polar surface area (TPSA) is 82.6 Å². The Morgan fingerprint density at radius 2 is 1.80 bits per heavy atom. The molecule has 0 N–H and O–H groups in total. The lowest BCUT2D eigenvalue weighted by Gasteiger charge is -2.39. The van der Waals surface area contributed by atoms with E-state index in [9.17, 15) is 14.4 Å². The molecule has 0 aliphatic carbocycles. The van der Waals surface area contributed by atoms with Crippen molar-refractivity contribution in [3.05, 3.63) is 71.8 Å². The Labute approximate surface area is 242 Å². The maximum absolute atomic E-state index is 13.7. The van der Waals surface area contributed by atoms with Crippen LogP contribution < -0.4 is 9.47 Å². The molecule has 3 aliphatic rings. The third-order valence-electron chi connectivity index (χ3n) is 8.42. The smallest absolute Gasteiger partial charge is 0.236 e. The lowest BCUT2D eigenvalue weighted by atomic mass is 9.82. The fourth-order valence-corrected chi connectivity index (χ4v) is 5.99. The number of piperazine rings is 1. The van der Waals surface area contributed by atoms with E-state index in [1.807, 2.05) is 58.3 Å². The summed E-state index contributed by atoms with van der Waals surface area (Å²) in [5.74, 6) is 2.07. The Morgan fingerprint density at radius 3 is 2.56 bits per heavy atom. The highest BCUT2D eigenvalue weighted by Crippen LogP contribution is 2.30. The first-order valence-electron chi connectivity index (χ1n) is 14.5. The highest BCUT2D eigenvalue weighted by atomic mass is 16.5. The lowest BCUT2D eigenvalue weighted by molar-refractivity contribution is -0.138. The van der Waals surface area contributed by atoms with Crippen LogP contribution in [0.15, 0.2) is 60.7 Å². The third kappa shape index (κ3) is 7.47. The highest BCUT2D eigenvalue weighted by molar-refractivity contribution is 5.79. The van der Waals surface area contributed by atoms with Crippen LogP contribution in [-0.4, -0.2) is 97.4 Å². The van der Waals surface area contributed by atoms with Gasteiger partial charge >= 0.3 is 0 Å². The molecule has 2 aromatic rings. The average molecular weight is 561 g/mol. The van der Waals surface area contributed by atoms with Crippen molar-refractivity contribution in [2.75, 3.05) is 59.5 Å². The second-order valence-corrected chi connectivity index (χ2v) is 11.1. The molecule has 0 spiro atoms. The number of hydrogen-bond donors (Lipinski definition) is 0. The molecule has 3 amide bonds. The van der Waals surface area contributed by atoms with Gasteiger partial charge in [0.05, 0.1) is 13.7 Å². The van der Waals surface area contributed by atoms with E-state index in [0.717, 1.165) is 35.5 Å². The summed E-state index contributed by atoms with van der Waals surface area (Å²) in [4.78, 5) is 45.6. The number of methoxy groups -OCH3 is 1. The van der Waals surface area contributed by atoms with Gasteiger partial charge in [0.1, 0.15) is 18.1 Å². The molecule has 2 aromatic carbocycles. The molecular weight excluding hydrogens is 520 g/mol. The summed E-state index contributed by atoms with van der Waals surface area (Å²) < 4.78 is 11.5. The summed E-state index contributed by atoms with van der Waals surface area (Å²) in [6.07, 6.45) is 6.25. The van der Waals surface area contributed by atoms with Crippen LogP contribution in [-0.2, 0) is 27.5 Å². The zero-order valence-electron chi connectivity index (χ0n) is 23.8. The summed E-state index contributed by atoms with van der Waals surface area (Å²) in [6, 6.07) is 16.0. The third-order valence-corrected chi connectivity index (χ3v) is 8.42. The molecule has 41 heavy (non-hydrogen) atoms. The van der Waals surface area contributed by atoms with E-state index in [1.54, 1.807) is 12.0 Å². The molecule has 0 aromatic heterocycles. The quantitative estimate of drug-likeness (QED) is 0.399. The fourth-order valence-electron chi connectivity index (χ4n) is 5.99. The second-order valence-electron chi connectivity index (χ2n) is 11.1. The zero-order chi connectivity index (χ0) is 28.6. The molecule has 2 atom stereocenters. The van der Waals surface area contributed by atoms with Gasteiger partial charge in [0.25, 0.3) is 0 Å². The van der Waals surface area contributed by atoms with E-state index in [0.29, 0.717) is 71.9 Å². The van der Waals surface area contributed by atoms with Crippen LogP contribution in [0.3, 0.4) is 0 Å². The minimum Gasteiger partial charge on any atom is -0.497 e. The van der Waals surface area contributed by atoms with Gasteiger partial charge in [0.15, 0.2) is 0 Å². The van der Waals surface area contributed by atoms with Crippen LogP contribution in [0.5, 0.6) is 11.5 Å². The van der Waals surface area contributed by atoms with Gasteiger partial charge in [-0.15, -0.1) is 0 Å². The van der Waals surface area contributed by atoms with Gasteiger partial charge in [0, 0.05) is 64.3 Å². The fraction of sp³-hybridized carbons (Fsp3) is 0.469. The van der Waals surface area contributed by atoms with E-state index < -0.39 is 0 Å². The summed E-state index contributed by atoms with van der Waals surface area (Å²) >= 11 is 0. The van der Waals surface area contributed by atoms with E-state index in [1.165, 1.54) is 0 Å². The van der Waals surface area contributed by atoms with Crippen LogP contribution in [0.25, 0.3) is 0 Å². The second kappa shape index (κ2) is 13.7. The molecular formula is C32H40N4O5. The van der Waals surface area contributed by atoms with Gasteiger partial charge in [-0.25, -0.2) is 0 Å². The molecule has 218 valence electrons. The minimum atomic E-state index is 0.0718. The molecule has 9 heteroatoms. The normalized spacial score (nSPS) is 22.9. The maximum Gasteiger partial charge on any atom is 0.236 e. The average Bonchev–Trinajstić information content (AvgIpc) is 3.01. The van der Waals surface area contributed by atoms with E-state index >= 15 is 0 Å². The van der Waals surface area contributed by atoms with Crippen molar-refractivity contribution in [1.82, 2.24) is 19.6 Å². The number of hydrogen-bond acceptors (Lipinski definition) is 6. The lowest BCUT2D eigenvalue weighted by Crippen LogP contribution is -2.50. The van der Waals surface area contributed by atoms with E-state index in [-0.39, 0.29) is 23.7 Å². The zero-order valence-corrected chi connectivity index (χ0v) is 23.8. The Hall–Kier alpha value is -3.85. The van der Waals surface area contributed by atoms with Crippen molar-refractivity contribution in [3.8, 4) is 11.5 Å². The largest absolute Gasteiger partial charge is 0.497 e. The SMILES string of the molecule is COc1ccc(CN2CC(=O)N3CC[C@@H](CC(=O)N4CCN(C=O)CC4)[C@@H](/C=C\COc4ccccc4C2)C3)cc1. The first-order valence-corrected chi connectivity index (χ1v) is 14.5. The summed E-state index contributed by atoms with van der Waals surface area (Å²) in [6.45, 7) is 5.47. The number of piperidine rings is 1. The van der Waals surface area contributed by atoms with Crippen molar-refractivity contribution >= 4 is 18.2 Å². The summed E-state index contributed by atoms with van der Waals surface area (Å²) in [5.41, 5.74) is 2.14. The number of para-hydroxylation sites is 1. The molecule has 0 radical (unpaired) electrons. The van der Waals surface area contributed by atoms with Crippen molar-refractivity contribution < 1.29 is 23.9 Å². The van der Waals surface area contributed by atoms with Crippen molar-refractivity contribution in [3.63, 3.8) is 0 Å². The predicted octanol–water partition coefficient (Wildman–Crippen LogP) is 2.80. The van der Waals surface area contributed by atoms with Crippen molar-refractivity contribution in [2.45, 2.75) is 25.9 Å². The van der Waals surface area contributed by atoms with E-state index in [2.05, 4.69) is 17.0 Å². The molecule has 0 saturated carbocycles. The number of amides is 3. The van der Waals surface area contributed by atoms with Crippen LogP contribution in [0.1, 0.15) is 24.0 Å². The van der Waals surface area contributed by atoms with Crippen LogP contribution in [0, 0.1) is 11.8 Å². The van der Waals surface area contributed by atoms with Crippen molar-refractivity contribution in [2.24, 2.45) is 11.8 Å². The first-order chi connectivity index (χ1) is 20.0. The molecule has 3 aliphatic heterocycles. The molecule has 9 nitrogen and oxygen atoms in total.